The normalized spacial score (nSPS) is 18.6. The summed E-state index contributed by atoms with van der Waals surface area (Å²) in [6, 6.07) is 0. The van der Waals surface area contributed by atoms with Crippen LogP contribution in [0.25, 0.3) is 0 Å². The van der Waals surface area contributed by atoms with Crippen LogP contribution in [0, 0.1) is 12.3 Å². The summed E-state index contributed by atoms with van der Waals surface area (Å²) in [5.74, 6) is 0.698. The summed E-state index contributed by atoms with van der Waals surface area (Å²) in [6.45, 7) is 3.13. The van der Waals surface area contributed by atoms with Crippen molar-refractivity contribution >= 4 is 5.95 Å². The van der Waals surface area contributed by atoms with Crippen molar-refractivity contribution in [3.05, 3.63) is 18.0 Å². The number of nitrogens with one attached hydrogen (secondary N) is 1. The zero-order chi connectivity index (χ0) is 12.8. The maximum Gasteiger partial charge on any atom is 0.222 e. The SMILES string of the molecule is Cc1cnc(NCC2(CCO)CCCCC2)nc1. The highest BCUT2D eigenvalue weighted by Gasteiger charge is 2.31. The molecule has 1 aliphatic carbocycles. The molecule has 18 heavy (non-hydrogen) atoms. The van der Waals surface area contributed by atoms with Gasteiger partial charge in [-0.05, 0) is 37.2 Å². The molecule has 1 fully saturated rings. The fourth-order valence-corrected chi connectivity index (χ4v) is 2.80. The van der Waals surface area contributed by atoms with Crippen LogP contribution < -0.4 is 5.32 Å². The Hall–Kier alpha value is -1.16. The number of hydrogen-bond donors (Lipinski definition) is 2. The van der Waals surface area contributed by atoms with E-state index in [0.717, 1.165) is 18.5 Å². The Kier molecular flexibility index (Phi) is 4.53. The summed E-state index contributed by atoms with van der Waals surface area (Å²) in [5.41, 5.74) is 1.31. The minimum atomic E-state index is 0.237. The van der Waals surface area contributed by atoms with Crippen molar-refractivity contribution in [3.63, 3.8) is 0 Å². The molecule has 0 amide bonds. The van der Waals surface area contributed by atoms with E-state index < -0.39 is 0 Å². The zero-order valence-electron chi connectivity index (χ0n) is 11.2. The van der Waals surface area contributed by atoms with E-state index in [9.17, 15) is 5.11 Å². The average molecular weight is 249 g/mol. The lowest BCUT2D eigenvalue weighted by molar-refractivity contribution is 0.141. The Morgan fingerprint density at radius 2 is 1.89 bits per heavy atom. The van der Waals surface area contributed by atoms with Crippen LogP contribution in [0.4, 0.5) is 5.95 Å². The molecule has 0 unspecified atom stereocenters. The molecule has 2 rings (SSSR count). The number of hydrogen-bond acceptors (Lipinski definition) is 4. The Labute approximate surface area is 109 Å². The lowest BCUT2D eigenvalue weighted by Gasteiger charge is -2.37. The van der Waals surface area contributed by atoms with Gasteiger partial charge in [0.1, 0.15) is 0 Å². The van der Waals surface area contributed by atoms with Crippen molar-refractivity contribution in [2.45, 2.75) is 45.4 Å². The van der Waals surface area contributed by atoms with E-state index in [1.54, 1.807) is 0 Å². The van der Waals surface area contributed by atoms with Gasteiger partial charge in [0.05, 0.1) is 0 Å². The molecule has 0 saturated heterocycles. The van der Waals surface area contributed by atoms with Crippen molar-refractivity contribution in [1.82, 2.24) is 9.97 Å². The molecule has 4 heteroatoms. The molecule has 1 heterocycles. The van der Waals surface area contributed by atoms with Crippen LogP contribution in [0.3, 0.4) is 0 Å². The monoisotopic (exact) mass is 249 g/mol. The molecule has 4 nitrogen and oxygen atoms in total. The molecule has 0 atom stereocenters. The fourth-order valence-electron chi connectivity index (χ4n) is 2.80. The first-order chi connectivity index (χ1) is 8.74. The third kappa shape index (κ3) is 3.42. The smallest absolute Gasteiger partial charge is 0.222 e. The van der Waals surface area contributed by atoms with Gasteiger partial charge in [0.2, 0.25) is 5.95 Å². The van der Waals surface area contributed by atoms with E-state index in [4.69, 9.17) is 0 Å². The summed E-state index contributed by atoms with van der Waals surface area (Å²) in [7, 11) is 0. The summed E-state index contributed by atoms with van der Waals surface area (Å²) in [4.78, 5) is 8.54. The second-order valence-electron chi connectivity index (χ2n) is 5.47. The minimum Gasteiger partial charge on any atom is -0.396 e. The Morgan fingerprint density at radius 1 is 1.22 bits per heavy atom. The second kappa shape index (κ2) is 6.14. The Morgan fingerprint density at radius 3 is 2.50 bits per heavy atom. The van der Waals surface area contributed by atoms with Crippen molar-refractivity contribution in [1.29, 1.82) is 0 Å². The number of rotatable bonds is 5. The Bertz CT molecular complexity index is 352. The molecule has 0 radical (unpaired) electrons. The maximum atomic E-state index is 9.26. The largest absolute Gasteiger partial charge is 0.396 e. The summed E-state index contributed by atoms with van der Waals surface area (Å²) < 4.78 is 0. The highest BCUT2D eigenvalue weighted by atomic mass is 16.3. The fraction of sp³-hybridized carbons (Fsp3) is 0.714. The van der Waals surface area contributed by atoms with Crippen LogP contribution in [0.5, 0.6) is 0 Å². The molecule has 0 spiro atoms. The molecule has 1 saturated carbocycles. The third-order valence-corrected chi connectivity index (χ3v) is 3.96. The number of anilines is 1. The van der Waals surface area contributed by atoms with Crippen molar-refractivity contribution in [2.24, 2.45) is 5.41 Å². The summed E-state index contributed by atoms with van der Waals surface area (Å²) in [5, 5.41) is 12.6. The van der Waals surface area contributed by atoms with E-state index in [0.29, 0.717) is 5.95 Å². The average Bonchev–Trinajstić information content (AvgIpc) is 2.40. The van der Waals surface area contributed by atoms with E-state index in [1.165, 1.54) is 32.1 Å². The zero-order valence-corrected chi connectivity index (χ0v) is 11.2. The van der Waals surface area contributed by atoms with E-state index >= 15 is 0 Å². The predicted molar refractivity (Wildman–Crippen MR) is 72.5 cm³/mol. The van der Waals surface area contributed by atoms with Gasteiger partial charge < -0.3 is 10.4 Å². The van der Waals surface area contributed by atoms with Gasteiger partial charge >= 0.3 is 0 Å². The molecule has 0 aliphatic heterocycles. The third-order valence-electron chi connectivity index (χ3n) is 3.96. The van der Waals surface area contributed by atoms with Gasteiger partial charge in [0.15, 0.2) is 0 Å². The first-order valence-electron chi connectivity index (χ1n) is 6.87. The summed E-state index contributed by atoms with van der Waals surface area (Å²) in [6.07, 6.45) is 10.8. The van der Waals surface area contributed by atoms with Gasteiger partial charge in [0, 0.05) is 25.5 Å². The molecule has 0 aromatic carbocycles. The molecule has 100 valence electrons. The molecule has 0 bridgehead atoms. The maximum absolute atomic E-state index is 9.26. The molecule has 1 aliphatic rings. The van der Waals surface area contributed by atoms with Crippen LogP contribution in [-0.2, 0) is 0 Å². The van der Waals surface area contributed by atoms with Crippen LogP contribution in [0.2, 0.25) is 0 Å². The lowest BCUT2D eigenvalue weighted by Crippen LogP contribution is -2.33. The first kappa shape index (κ1) is 13.3. The van der Waals surface area contributed by atoms with Crippen molar-refractivity contribution in [3.8, 4) is 0 Å². The quantitative estimate of drug-likeness (QED) is 0.842. The lowest BCUT2D eigenvalue weighted by atomic mass is 9.72. The van der Waals surface area contributed by atoms with Crippen LogP contribution in [0.15, 0.2) is 12.4 Å². The van der Waals surface area contributed by atoms with Crippen LogP contribution in [0.1, 0.15) is 44.1 Å². The van der Waals surface area contributed by atoms with E-state index in [2.05, 4.69) is 15.3 Å². The number of aromatic nitrogens is 2. The molecule has 1 aromatic rings. The number of aryl methyl sites for hydroxylation is 1. The molecule has 1 aromatic heterocycles. The predicted octanol–water partition coefficient (Wildman–Crippen LogP) is 2.53. The van der Waals surface area contributed by atoms with Gasteiger partial charge in [-0.25, -0.2) is 9.97 Å². The highest BCUT2D eigenvalue weighted by molar-refractivity contribution is 5.24. The highest BCUT2D eigenvalue weighted by Crippen LogP contribution is 2.39. The molecular formula is C14H23N3O. The van der Waals surface area contributed by atoms with Crippen molar-refractivity contribution < 1.29 is 5.11 Å². The van der Waals surface area contributed by atoms with Gasteiger partial charge in [-0.15, -0.1) is 0 Å². The van der Waals surface area contributed by atoms with E-state index in [-0.39, 0.29) is 12.0 Å². The number of aliphatic hydroxyl groups excluding tert-OH is 1. The van der Waals surface area contributed by atoms with Gasteiger partial charge in [-0.2, -0.15) is 0 Å². The van der Waals surface area contributed by atoms with Crippen LogP contribution in [-0.4, -0.2) is 28.2 Å². The molecular weight excluding hydrogens is 226 g/mol. The molecule has 2 N–H and O–H groups in total. The van der Waals surface area contributed by atoms with E-state index in [1.807, 2.05) is 19.3 Å². The van der Waals surface area contributed by atoms with Gasteiger partial charge in [-0.1, -0.05) is 19.3 Å². The van der Waals surface area contributed by atoms with Crippen LogP contribution >= 0.6 is 0 Å². The second-order valence-corrected chi connectivity index (χ2v) is 5.47. The Balaban J connectivity index is 1.94. The topological polar surface area (TPSA) is 58.0 Å². The number of nitrogens with zero attached hydrogens (tertiary/aromatic N) is 2. The summed E-state index contributed by atoms with van der Waals surface area (Å²) >= 11 is 0. The van der Waals surface area contributed by atoms with Gasteiger partial charge in [0.25, 0.3) is 0 Å². The van der Waals surface area contributed by atoms with Crippen molar-refractivity contribution in [2.75, 3.05) is 18.5 Å². The standard InChI is InChI=1S/C14H23N3O/c1-12-9-15-13(16-10-12)17-11-14(7-8-18)5-3-2-4-6-14/h9-10,18H,2-8,11H2,1H3,(H,15,16,17). The minimum absolute atomic E-state index is 0.237. The van der Waals surface area contributed by atoms with Gasteiger partial charge in [-0.3, -0.25) is 0 Å². The first-order valence-corrected chi connectivity index (χ1v) is 6.87. The number of aliphatic hydroxyl groups is 1.